The van der Waals surface area contributed by atoms with Crippen molar-refractivity contribution in [3.05, 3.63) is 0 Å². The van der Waals surface area contributed by atoms with E-state index in [2.05, 4.69) is 10.6 Å². The van der Waals surface area contributed by atoms with E-state index in [0.717, 1.165) is 6.54 Å². The zero-order chi connectivity index (χ0) is 10.3. The molecule has 0 aliphatic rings. The molecule has 2 N–H and O–H groups in total. The van der Waals surface area contributed by atoms with Gasteiger partial charge in [0.2, 0.25) is 0 Å². The number of hydrogen-bond donors (Lipinski definition) is 2. The van der Waals surface area contributed by atoms with E-state index < -0.39 is 6.04 Å². The van der Waals surface area contributed by atoms with E-state index in [1.54, 1.807) is 13.8 Å². The van der Waals surface area contributed by atoms with E-state index in [9.17, 15) is 4.79 Å². The summed E-state index contributed by atoms with van der Waals surface area (Å²) >= 11 is 4.90. The molecule has 4 nitrogen and oxygen atoms in total. The number of thiocarbonyl (C=S) groups is 1. The molecule has 76 valence electrons. The number of carbonyl (C=O) groups is 1. The van der Waals surface area contributed by atoms with E-state index in [0.29, 0.717) is 11.7 Å². The number of carbonyl (C=O) groups excluding carboxylic acids is 1. The SMILES string of the molecule is CCNC(=S)NC(C)C(=O)OCC. The second kappa shape index (κ2) is 6.65. The molecule has 0 aliphatic heterocycles. The van der Waals surface area contributed by atoms with Crippen LogP contribution >= 0.6 is 12.2 Å². The van der Waals surface area contributed by atoms with Crippen LogP contribution in [0.1, 0.15) is 20.8 Å². The van der Waals surface area contributed by atoms with Crippen LogP contribution in [0.3, 0.4) is 0 Å². The van der Waals surface area contributed by atoms with E-state index in [4.69, 9.17) is 17.0 Å². The van der Waals surface area contributed by atoms with Crippen LogP contribution in [0.5, 0.6) is 0 Å². The van der Waals surface area contributed by atoms with Crippen LogP contribution in [0, 0.1) is 0 Å². The topological polar surface area (TPSA) is 50.4 Å². The molecule has 0 saturated heterocycles. The van der Waals surface area contributed by atoms with Crippen molar-refractivity contribution < 1.29 is 9.53 Å². The lowest BCUT2D eigenvalue weighted by atomic mass is 10.3. The first-order chi connectivity index (χ1) is 6.11. The van der Waals surface area contributed by atoms with Crippen molar-refractivity contribution in [3.63, 3.8) is 0 Å². The minimum Gasteiger partial charge on any atom is -0.464 e. The first kappa shape index (κ1) is 12.2. The Kier molecular flexibility index (Phi) is 6.22. The van der Waals surface area contributed by atoms with Crippen LogP contribution in [-0.2, 0) is 9.53 Å². The highest BCUT2D eigenvalue weighted by Crippen LogP contribution is 1.87. The number of ether oxygens (including phenoxy) is 1. The summed E-state index contributed by atoms with van der Waals surface area (Å²) in [5.41, 5.74) is 0. The molecular formula is C8H16N2O2S. The summed E-state index contributed by atoms with van der Waals surface area (Å²) in [7, 11) is 0. The zero-order valence-corrected chi connectivity index (χ0v) is 9.03. The second-order valence-corrected chi connectivity index (χ2v) is 2.89. The summed E-state index contributed by atoms with van der Waals surface area (Å²) in [4.78, 5) is 11.1. The van der Waals surface area contributed by atoms with E-state index in [1.165, 1.54) is 0 Å². The lowest BCUT2D eigenvalue weighted by Crippen LogP contribution is -2.44. The molecule has 0 rings (SSSR count). The monoisotopic (exact) mass is 204 g/mol. The van der Waals surface area contributed by atoms with E-state index >= 15 is 0 Å². The van der Waals surface area contributed by atoms with Crippen molar-refractivity contribution in [1.82, 2.24) is 10.6 Å². The fourth-order valence-corrected chi connectivity index (χ4v) is 1.06. The molecule has 13 heavy (non-hydrogen) atoms. The fraction of sp³-hybridized carbons (Fsp3) is 0.750. The van der Waals surface area contributed by atoms with Crippen LogP contribution in [0.15, 0.2) is 0 Å². The van der Waals surface area contributed by atoms with Gasteiger partial charge in [0.05, 0.1) is 6.61 Å². The summed E-state index contributed by atoms with van der Waals surface area (Å²) in [6.07, 6.45) is 0. The molecule has 0 radical (unpaired) electrons. The van der Waals surface area contributed by atoms with Crippen LogP contribution in [-0.4, -0.2) is 30.3 Å². The van der Waals surface area contributed by atoms with Gasteiger partial charge in [-0.25, -0.2) is 4.79 Å². The highest BCUT2D eigenvalue weighted by molar-refractivity contribution is 7.80. The summed E-state index contributed by atoms with van der Waals surface area (Å²) in [5.74, 6) is -0.289. The third kappa shape index (κ3) is 5.41. The first-order valence-corrected chi connectivity index (χ1v) is 4.73. The largest absolute Gasteiger partial charge is 0.464 e. The van der Waals surface area contributed by atoms with Crippen LogP contribution in [0.4, 0.5) is 0 Å². The quantitative estimate of drug-likeness (QED) is 0.513. The normalized spacial score (nSPS) is 11.6. The highest BCUT2D eigenvalue weighted by atomic mass is 32.1. The van der Waals surface area contributed by atoms with Crippen LogP contribution in [0.2, 0.25) is 0 Å². The van der Waals surface area contributed by atoms with Gasteiger partial charge in [-0.05, 0) is 33.0 Å². The van der Waals surface area contributed by atoms with Crippen molar-refractivity contribution in [2.75, 3.05) is 13.2 Å². The minimum absolute atomic E-state index is 0.289. The molecule has 0 saturated carbocycles. The number of esters is 1. The standard InChI is InChI=1S/C8H16N2O2S/c1-4-9-8(13)10-6(3)7(11)12-5-2/h6H,4-5H2,1-3H3,(H2,9,10,13). The van der Waals surface area contributed by atoms with E-state index in [-0.39, 0.29) is 5.97 Å². The average Bonchev–Trinajstić information content (AvgIpc) is 2.05. The molecule has 0 bridgehead atoms. The Morgan fingerprint density at radius 3 is 2.62 bits per heavy atom. The summed E-state index contributed by atoms with van der Waals surface area (Å²) in [5, 5.41) is 6.17. The molecule has 0 aliphatic carbocycles. The molecule has 1 atom stereocenters. The second-order valence-electron chi connectivity index (χ2n) is 2.48. The summed E-state index contributed by atoms with van der Waals surface area (Å²) in [6.45, 7) is 6.54. The van der Waals surface area contributed by atoms with Crippen molar-refractivity contribution in [1.29, 1.82) is 0 Å². The van der Waals surface area contributed by atoms with Crippen molar-refractivity contribution in [2.45, 2.75) is 26.8 Å². The Morgan fingerprint density at radius 1 is 1.54 bits per heavy atom. The minimum atomic E-state index is -0.397. The molecular weight excluding hydrogens is 188 g/mol. The Morgan fingerprint density at radius 2 is 2.15 bits per heavy atom. The molecule has 0 aromatic rings. The van der Waals surface area contributed by atoms with Crippen LogP contribution < -0.4 is 10.6 Å². The van der Waals surface area contributed by atoms with Gasteiger partial charge in [-0.15, -0.1) is 0 Å². The Balaban J connectivity index is 3.78. The predicted molar refractivity (Wildman–Crippen MR) is 55.5 cm³/mol. The van der Waals surface area contributed by atoms with Crippen molar-refractivity contribution in [3.8, 4) is 0 Å². The summed E-state index contributed by atoms with van der Waals surface area (Å²) in [6, 6.07) is -0.397. The van der Waals surface area contributed by atoms with Gasteiger partial charge in [0, 0.05) is 6.54 Å². The van der Waals surface area contributed by atoms with Crippen LogP contribution in [0.25, 0.3) is 0 Å². The molecule has 0 spiro atoms. The van der Waals surface area contributed by atoms with Gasteiger partial charge in [0.1, 0.15) is 6.04 Å². The van der Waals surface area contributed by atoms with Gasteiger partial charge in [-0.1, -0.05) is 0 Å². The van der Waals surface area contributed by atoms with Gasteiger partial charge < -0.3 is 15.4 Å². The van der Waals surface area contributed by atoms with Gasteiger partial charge in [0.15, 0.2) is 5.11 Å². The van der Waals surface area contributed by atoms with Crippen molar-refractivity contribution >= 4 is 23.3 Å². The first-order valence-electron chi connectivity index (χ1n) is 4.32. The Hall–Kier alpha value is -0.840. The number of nitrogens with one attached hydrogen (secondary N) is 2. The molecule has 5 heteroatoms. The maximum absolute atomic E-state index is 11.1. The molecule has 0 amide bonds. The maximum atomic E-state index is 11.1. The van der Waals surface area contributed by atoms with Gasteiger partial charge in [0.25, 0.3) is 0 Å². The fourth-order valence-electron chi connectivity index (χ4n) is 0.734. The molecule has 0 aromatic carbocycles. The third-order valence-electron chi connectivity index (χ3n) is 1.33. The lowest BCUT2D eigenvalue weighted by molar-refractivity contribution is -0.144. The van der Waals surface area contributed by atoms with Crippen molar-refractivity contribution in [2.24, 2.45) is 0 Å². The Bertz CT molecular complexity index is 185. The molecule has 1 unspecified atom stereocenters. The lowest BCUT2D eigenvalue weighted by Gasteiger charge is -2.14. The zero-order valence-electron chi connectivity index (χ0n) is 8.22. The van der Waals surface area contributed by atoms with Gasteiger partial charge >= 0.3 is 5.97 Å². The smallest absolute Gasteiger partial charge is 0.328 e. The molecule has 0 heterocycles. The predicted octanol–water partition coefficient (Wildman–Crippen LogP) is 0.422. The number of hydrogen-bond acceptors (Lipinski definition) is 3. The van der Waals surface area contributed by atoms with Gasteiger partial charge in [-0.3, -0.25) is 0 Å². The van der Waals surface area contributed by atoms with E-state index in [1.807, 2.05) is 6.92 Å². The summed E-state index contributed by atoms with van der Waals surface area (Å²) < 4.78 is 4.79. The van der Waals surface area contributed by atoms with Gasteiger partial charge in [-0.2, -0.15) is 0 Å². The number of rotatable bonds is 4. The highest BCUT2D eigenvalue weighted by Gasteiger charge is 2.13. The maximum Gasteiger partial charge on any atom is 0.328 e. The molecule has 0 fully saturated rings. The molecule has 0 aromatic heterocycles. The third-order valence-corrected chi connectivity index (χ3v) is 1.59. The average molecular weight is 204 g/mol. The Labute approximate surface area is 84.0 Å².